The van der Waals surface area contributed by atoms with Gasteiger partial charge in [-0.15, -0.1) is 11.3 Å². The van der Waals surface area contributed by atoms with Gasteiger partial charge in [-0.05, 0) is 42.7 Å². The molecule has 7 nitrogen and oxygen atoms in total. The molecule has 0 saturated carbocycles. The summed E-state index contributed by atoms with van der Waals surface area (Å²) >= 11 is 1.18. The maximum absolute atomic E-state index is 13.5. The predicted octanol–water partition coefficient (Wildman–Crippen LogP) is 5.78. The molecule has 0 fully saturated rings. The second kappa shape index (κ2) is 10.8. The van der Waals surface area contributed by atoms with Crippen LogP contribution < -0.4 is 10.9 Å². The van der Waals surface area contributed by atoms with Gasteiger partial charge in [0.05, 0.1) is 24.1 Å². The van der Waals surface area contributed by atoms with Gasteiger partial charge in [0.2, 0.25) is 5.91 Å². The van der Waals surface area contributed by atoms with E-state index in [0.29, 0.717) is 16.1 Å². The van der Waals surface area contributed by atoms with Gasteiger partial charge < -0.3 is 10.1 Å². The molecule has 0 atom stereocenters. The van der Waals surface area contributed by atoms with Gasteiger partial charge in [-0.3, -0.25) is 9.59 Å². The molecular weight excluding hydrogens is 498 g/mol. The van der Waals surface area contributed by atoms with Crippen LogP contribution in [0.3, 0.4) is 0 Å². The predicted molar refractivity (Wildman–Crippen MR) is 150 cm³/mol. The van der Waals surface area contributed by atoms with Gasteiger partial charge in [0.25, 0.3) is 5.56 Å². The number of anilines is 1. The van der Waals surface area contributed by atoms with E-state index in [9.17, 15) is 14.4 Å². The Bertz CT molecular complexity index is 1670. The fourth-order valence-electron chi connectivity index (χ4n) is 4.15. The van der Waals surface area contributed by atoms with Gasteiger partial charge in [0.1, 0.15) is 5.00 Å². The second-order valence-corrected chi connectivity index (χ2v) is 9.64. The number of amides is 1. The molecule has 0 spiro atoms. The van der Waals surface area contributed by atoms with Gasteiger partial charge in [-0.2, -0.15) is 9.78 Å². The van der Waals surface area contributed by atoms with Crippen molar-refractivity contribution in [3.8, 4) is 16.8 Å². The molecule has 1 N–H and O–H groups in total. The Morgan fingerprint density at radius 2 is 1.63 bits per heavy atom. The third-order valence-electron chi connectivity index (χ3n) is 6.08. The van der Waals surface area contributed by atoms with Crippen LogP contribution in [-0.2, 0) is 16.0 Å². The summed E-state index contributed by atoms with van der Waals surface area (Å²) in [5.41, 5.74) is 4.13. The zero-order valence-electron chi connectivity index (χ0n) is 20.9. The van der Waals surface area contributed by atoms with Crippen LogP contribution in [0.4, 0.5) is 5.00 Å². The summed E-state index contributed by atoms with van der Waals surface area (Å²) in [7, 11) is 0. The van der Waals surface area contributed by atoms with Crippen molar-refractivity contribution in [1.29, 1.82) is 0 Å². The summed E-state index contributed by atoms with van der Waals surface area (Å²) in [5.74, 6) is -0.899. The molecule has 0 unspecified atom stereocenters. The lowest BCUT2D eigenvalue weighted by atomic mass is 10.0. The third kappa shape index (κ3) is 5.12. The van der Waals surface area contributed by atoms with Gasteiger partial charge in [0, 0.05) is 10.8 Å². The van der Waals surface area contributed by atoms with E-state index in [1.54, 1.807) is 24.4 Å². The van der Waals surface area contributed by atoms with E-state index in [1.165, 1.54) is 16.0 Å². The molecule has 0 aliphatic rings. The largest absolute Gasteiger partial charge is 0.461 e. The summed E-state index contributed by atoms with van der Waals surface area (Å²) in [5, 5.41) is 9.80. The normalized spacial score (nSPS) is 10.9. The van der Waals surface area contributed by atoms with Gasteiger partial charge >= 0.3 is 5.97 Å². The molecule has 1 amide bonds. The Balaban J connectivity index is 1.46. The quantitative estimate of drug-likeness (QED) is 0.273. The van der Waals surface area contributed by atoms with Crippen molar-refractivity contribution < 1.29 is 14.3 Å². The van der Waals surface area contributed by atoms with E-state index in [4.69, 9.17) is 4.74 Å². The molecule has 0 aliphatic carbocycles. The third-order valence-corrected chi connectivity index (χ3v) is 6.97. The number of benzene rings is 3. The maximum atomic E-state index is 13.5. The molecule has 5 aromatic rings. The van der Waals surface area contributed by atoms with Crippen LogP contribution >= 0.6 is 11.3 Å². The molecule has 0 saturated heterocycles. The van der Waals surface area contributed by atoms with Crippen molar-refractivity contribution in [2.75, 3.05) is 11.9 Å². The summed E-state index contributed by atoms with van der Waals surface area (Å²) < 4.78 is 6.38. The zero-order chi connectivity index (χ0) is 26.6. The molecule has 3 aromatic carbocycles. The van der Waals surface area contributed by atoms with E-state index < -0.39 is 11.5 Å². The van der Waals surface area contributed by atoms with Gasteiger partial charge in [-0.1, -0.05) is 72.3 Å². The second-order valence-electron chi connectivity index (χ2n) is 8.76. The minimum Gasteiger partial charge on any atom is -0.461 e. The number of nitrogens with one attached hydrogen (secondary N) is 1. The number of thiophene rings is 1. The molecule has 2 aromatic heterocycles. The van der Waals surface area contributed by atoms with Crippen molar-refractivity contribution >= 4 is 39.0 Å². The first kappa shape index (κ1) is 25.1. The smallest absolute Gasteiger partial charge is 0.359 e. The highest BCUT2D eigenvalue weighted by molar-refractivity contribution is 7.16. The summed E-state index contributed by atoms with van der Waals surface area (Å²) in [6, 6.07) is 25.0. The van der Waals surface area contributed by atoms with Crippen LogP contribution in [0.1, 0.15) is 28.5 Å². The van der Waals surface area contributed by atoms with Crippen LogP contribution in [-0.4, -0.2) is 28.3 Å². The number of carbonyl (C=O) groups is 2. The summed E-state index contributed by atoms with van der Waals surface area (Å²) in [4.78, 5) is 39.3. The lowest BCUT2D eigenvalue weighted by molar-refractivity contribution is -0.115. The Kier molecular flexibility index (Phi) is 7.15. The molecule has 2 heterocycles. The number of hydrogen-bond donors (Lipinski definition) is 1. The molecule has 0 radical (unpaired) electrons. The van der Waals surface area contributed by atoms with Gasteiger partial charge in [0.15, 0.2) is 5.69 Å². The standard InChI is InChI=1S/C30H25N3O4S/c1-3-37-30(36)27-24-18-38-28(26(24)29(35)33(32-27)23-15-9-19(2)10-16-23)31-25(34)17-20-11-13-22(14-12-20)21-7-5-4-6-8-21/h4-16,18H,3,17H2,1-2H3,(H,31,34). The fraction of sp³-hybridized carbons (Fsp3) is 0.133. The number of rotatable bonds is 7. The summed E-state index contributed by atoms with van der Waals surface area (Å²) in [6.07, 6.45) is 0.135. The average molecular weight is 524 g/mol. The molecule has 0 aliphatic heterocycles. The lowest BCUT2D eigenvalue weighted by Gasteiger charge is -2.10. The maximum Gasteiger partial charge on any atom is 0.359 e. The number of esters is 1. The minimum atomic E-state index is -0.632. The first-order chi connectivity index (χ1) is 18.4. The topological polar surface area (TPSA) is 90.3 Å². The SMILES string of the molecule is CCOC(=O)c1nn(-c2ccc(C)cc2)c(=O)c2c(NC(=O)Cc3ccc(-c4ccccc4)cc3)scc12. The van der Waals surface area contributed by atoms with E-state index in [-0.39, 0.29) is 30.0 Å². The van der Waals surface area contributed by atoms with Crippen molar-refractivity contribution in [1.82, 2.24) is 9.78 Å². The lowest BCUT2D eigenvalue weighted by Crippen LogP contribution is -2.25. The first-order valence-corrected chi connectivity index (χ1v) is 13.1. The van der Waals surface area contributed by atoms with Crippen molar-refractivity contribution in [3.63, 3.8) is 0 Å². The van der Waals surface area contributed by atoms with Crippen molar-refractivity contribution in [2.45, 2.75) is 20.3 Å². The van der Waals surface area contributed by atoms with Crippen LogP contribution in [0.5, 0.6) is 0 Å². The fourth-order valence-corrected chi connectivity index (χ4v) is 5.11. The summed E-state index contributed by atoms with van der Waals surface area (Å²) in [6.45, 7) is 3.81. The van der Waals surface area contributed by atoms with E-state index in [2.05, 4.69) is 10.4 Å². The Labute approximate surface area is 223 Å². The number of fused-ring (bicyclic) bond motifs is 1. The van der Waals surface area contributed by atoms with E-state index >= 15 is 0 Å². The molecule has 5 rings (SSSR count). The van der Waals surface area contributed by atoms with Gasteiger partial charge in [-0.25, -0.2) is 4.79 Å². The number of hydrogen-bond acceptors (Lipinski definition) is 6. The van der Waals surface area contributed by atoms with Crippen LogP contribution in [0.25, 0.3) is 27.6 Å². The number of nitrogens with zero attached hydrogens (tertiary/aromatic N) is 2. The monoisotopic (exact) mass is 523 g/mol. The number of aromatic nitrogens is 2. The van der Waals surface area contributed by atoms with E-state index in [1.807, 2.05) is 73.7 Å². The highest BCUT2D eigenvalue weighted by Crippen LogP contribution is 2.31. The Morgan fingerprint density at radius 1 is 0.947 bits per heavy atom. The van der Waals surface area contributed by atoms with Crippen LogP contribution in [0, 0.1) is 6.92 Å². The highest BCUT2D eigenvalue weighted by Gasteiger charge is 2.23. The molecule has 38 heavy (non-hydrogen) atoms. The molecular formula is C30H25N3O4S. The Hall–Kier alpha value is -4.56. The number of carbonyl (C=O) groups excluding carboxylic acids is 2. The van der Waals surface area contributed by atoms with Crippen molar-refractivity contribution in [2.24, 2.45) is 0 Å². The Morgan fingerprint density at radius 3 is 2.32 bits per heavy atom. The molecule has 0 bridgehead atoms. The van der Waals surface area contributed by atoms with E-state index in [0.717, 1.165) is 22.3 Å². The van der Waals surface area contributed by atoms with Crippen LogP contribution in [0.2, 0.25) is 0 Å². The number of aryl methyl sites for hydroxylation is 1. The molecule has 8 heteroatoms. The minimum absolute atomic E-state index is 0.0234. The van der Waals surface area contributed by atoms with Crippen LogP contribution in [0.15, 0.2) is 89.0 Å². The van der Waals surface area contributed by atoms with Crippen molar-refractivity contribution in [3.05, 3.63) is 111 Å². The number of ether oxygens (including phenoxy) is 1. The molecule has 190 valence electrons. The highest BCUT2D eigenvalue weighted by atomic mass is 32.1. The average Bonchev–Trinajstić information content (AvgIpc) is 3.34. The zero-order valence-corrected chi connectivity index (χ0v) is 21.7. The first-order valence-electron chi connectivity index (χ1n) is 12.2.